The van der Waals surface area contributed by atoms with Crippen molar-refractivity contribution in [1.82, 2.24) is 10.3 Å². The van der Waals surface area contributed by atoms with Crippen molar-refractivity contribution in [3.63, 3.8) is 0 Å². The van der Waals surface area contributed by atoms with Gasteiger partial charge in [0, 0.05) is 17.8 Å². The topological polar surface area (TPSA) is 88.5 Å². The number of thioether (sulfide) groups is 1. The van der Waals surface area contributed by atoms with Crippen molar-refractivity contribution in [2.75, 3.05) is 11.5 Å². The van der Waals surface area contributed by atoms with Crippen LogP contribution in [0.15, 0.2) is 18.3 Å². The first-order valence-corrected chi connectivity index (χ1v) is 10.0. The smallest absolute Gasteiger partial charge is 0.329 e. The molecule has 0 bridgehead atoms. The molecule has 136 valence electrons. The summed E-state index contributed by atoms with van der Waals surface area (Å²) in [6.45, 7) is 0. The molecule has 2 heterocycles. The number of carboxylic acids is 1. The largest absolute Gasteiger partial charge is 0.480 e. The highest BCUT2D eigenvalue weighted by atomic mass is 32.2. The Morgan fingerprint density at radius 3 is 2.64 bits per heavy atom. The maximum Gasteiger partial charge on any atom is 0.329 e. The molecule has 0 aromatic carbocycles. The molecule has 2 N–H and O–H groups in total. The molecule has 0 unspecified atom stereocenters. The van der Waals surface area contributed by atoms with Crippen LogP contribution in [0.5, 0.6) is 5.88 Å². The fourth-order valence-corrected chi connectivity index (χ4v) is 4.56. The van der Waals surface area contributed by atoms with Gasteiger partial charge in [-0.05, 0) is 56.1 Å². The van der Waals surface area contributed by atoms with Crippen molar-refractivity contribution >= 4 is 23.6 Å². The standard InChI is InChI=1S/C18H24N2O4S/c21-16(20-18(17(22)23)7-10-25-11-8-18)13-6-9-19-15(12-13)24-14-4-2-1-3-5-14/h6,9,12,14H,1-5,7-8,10-11H2,(H,20,21)(H,22,23). The number of carbonyl (C=O) groups excluding carboxylic acids is 1. The number of aliphatic carboxylic acids is 1. The van der Waals surface area contributed by atoms with Gasteiger partial charge in [0.25, 0.3) is 5.91 Å². The van der Waals surface area contributed by atoms with Gasteiger partial charge in [0.2, 0.25) is 5.88 Å². The van der Waals surface area contributed by atoms with Crippen molar-refractivity contribution in [2.24, 2.45) is 0 Å². The summed E-state index contributed by atoms with van der Waals surface area (Å²) in [5.74, 6) is 0.556. The number of amides is 1. The quantitative estimate of drug-likeness (QED) is 0.835. The first-order chi connectivity index (χ1) is 12.1. The molecular formula is C18H24N2O4S. The van der Waals surface area contributed by atoms with Gasteiger partial charge in [0.1, 0.15) is 11.6 Å². The van der Waals surface area contributed by atoms with Crippen LogP contribution in [0.4, 0.5) is 0 Å². The second-order valence-electron chi connectivity index (χ2n) is 6.71. The lowest BCUT2D eigenvalue weighted by Crippen LogP contribution is -2.56. The second-order valence-corrected chi connectivity index (χ2v) is 7.94. The Balaban J connectivity index is 1.69. The van der Waals surface area contributed by atoms with Crippen LogP contribution in [-0.4, -0.2) is 45.1 Å². The molecule has 6 nitrogen and oxygen atoms in total. The normalized spacial score (nSPS) is 20.6. The maximum atomic E-state index is 12.6. The highest BCUT2D eigenvalue weighted by molar-refractivity contribution is 7.99. The van der Waals surface area contributed by atoms with E-state index in [9.17, 15) is 14.7 Å². The van der Waals surface area contributed by atoms with Crippen LogP contribution in [0.25, 0.3) is 0 Å². The molecule has 1 aromatic rings. The molecule has 0 radical (unpaired) electrons. The molecule has 1 amide bonds. The van der Waals surface area contributed by atoms with Crippen LogP contribution in [0.3, 0.4) is 0 Å². The lowest BCUT2D eigenvalue weighted by Gasteiger charge is -2.33. The van der Waals surface area contributed by atoms with Gasteiger partial charge in [0.05, 0.1) is 0 Å². The van der Waals surface area contributed by atoms with Crippen molar-refractivity contribution in [3.8, 4) is 5.88 Å². The molecule has 1 aliphatic heterocycles. The molecule has 3 rings (SSSR count). The minimum atomic E-state index is -1.17. The third-order valence-corrected chi connectivity index (χ3v) is 5.93. The zero-order valence-corrected chi connectivity index (χ0v) is 15.0. The van der Waals surface area contributed by atoms with Crippen molar-refractivity contribution < 1.29 is 19.4 Å². The average molecular weight is 364 g/mol. The summed E-state index contributed by atoms with van der Waals surface area (Å²) in [4.78, 5) is 28.5. The SMILES string of the molecule is O=C(NC1(C(=O)O)CCSCC1)c1ccnc(OC2CCCCC2)c1. The number of carbonyl (C=O) groups is 2. The molecule has 0 atom stereocenters. The Hall–Kier alpha value is -1.76. The van der Waals surface area contributed by atoms with E-state index >= 15 is 0 Å². The summed E-state index contributed by atoms with van der Waals surface area (Å²) in [7, 11) is 0. The fraction of sp³-hybridized carbons (Fsp3) is 0.611. The number of ether oxygens (including phenoxy) is 1. The first-order valence-electron chi connectivity index (χ1n) is 8.85. The minimum absolute atomic E-state index is 0.153. The molecule has 1 aliphatic carbocycles. The van der Waals surface area contributed by atoms with E-state index in [4.69, 9.17) is 4.74 Å². The number of carboxylic acid groups (broad SMARTS) is 1. The highest BCUT2D eigenvalue weighted by Crippen LogP contribution is 2.28. The van der Waals surface area contributed by atoms with Crippen LogP contribution in [0.2, 0.25) is 0 Å². The van der Waals surface area contributed by atoms with E-state index in [0.29, 0.717) is 24.3 Å². The van der Waals surface area contributed by atoms with E-state index in [1.807, 2.05) is 0 Å². The summed E-state index contributed by atoms with van der Waals surface area (Å²) in [6, 6.07) is 3.20. The number of pyridine rings is 1. The molecule has 2 aliphatic rings. The average Bonchev–Trinajstić information content (AvgIpc) is 2.63. The summed E-state index contributed by atoms with van der Waals surface area (Å²) >= 11 is 1.71. The van der Waals surface area contributed by atoms with E-state index in [1.54, 1.807) is 23.9 Å². The molecule has 1 saturated heterocycles. The number of nitrogens with zero attached hydrogens (tertiary/aromatic N) is 1. The van der Waals surface area contributed by atoms with Crippen molar-refractivity contribution in [1.29, 1.82) is 0 Å². The van der Waals surface area contributed by atoms with E-state index in [-0.39, 0.29) is 12.0 Å². The predicted molar refractivity (Wildman–Crippen MR) is 96.1 cm³/mol. The van der Waals surface area contributed by atoms with Crippen LogP contribution in [0, 0.1) is 0 Å². The zero-order chi connectivity index (χ0) is 17.7. The lowest BCUT2D eigenvalue weighted by atomic mass is 9.92. The van der Waals surface area contributed by atoms with Crippen LogP contribution in [0.1, 0.15) is 55.3 Å². The minimum Gasteiger partial charge on any atom is -0.480 e. The van der Waals surface area contributed by atoms with E-state index < -0.39 is 11.5 Å². The molecule has 1 aromatic heterocycles. The van der Waals surface area contributed by atoms with Gasteiger partial charge in [-0.3, -0.25) is 4.79 Å². The van der Waals surface area contributed by atoms with Crippen molar-refractivity contribution in [2.45, 2.75) is 56.6 Å². The molecule has 7 heteroatoms. The summed E-state index contributed by atoms with van der Waals surface area (Å²) in [5.41, 5.74) is -0.782. The number of hydrogen-bond donors (Lipinski definition) is 2. The van der Waals surface area contributed by atoms with Gasteiger partial charge in [-0.25, -0.2) is 9.78 Å². The van der Waals surface area contributed by atoms with Crippen molar-refractivity contribution in [3.05, 3.63) is 23.9 Å². The Labute approximate surface area is 151 Å². The number of nitrogens with one attached hydrogen (secondary N) is 1. The Bertz CT molecular complexity index is 625. The zero-order valence-electron chi connectivity index (χ0n) is 14.2. The first kappa shape index (κ1) is 18.0. The number of aromatic nitrogens is 1. The summed E-state index contributed by atoms with van der Waals surface area (Å²) in [6.07, 6.45) is 8.15. The van der Waals surface area contributed by atoms with E-state index in [2.05, 4.69) is 10.3 Å². The Morgan fingerprint density at radius 1 is 1.24 bits per heavy atom. The van der Waals surface area contributed by atoms with Crippen LogP contribution in [-0.2, 0) is 4.79 Å². The summed E-state index contributed by atoms with van der Waals surface area (Å²) < 4.78 is 5.90. The molecule has 2 fully saturated rings. The second kappa shape index (κ2) is 8.08. The van der Waals surface area contributed by atoms with Gasteiger partial charge in [0.15, 0.2) is 0 Å². The molecule has 1 saturated carbocycles. The van der Waals surface area contributed by atoms with Gasteiger partial charge in [-0.15, -0.1) is 0 Å². The Morgan fingerprint density at radius 2 is 1.96 bits per heavy atom. The lowest BCUT2D eigenvalue weighted by molar-refractivity contribution is -0.144. The third-order valence-electron chi connectivity index (χ3n) is 4.95. The van der Waals surface area contributed by atoms with E-state index in [1.165, 1.54) is 12.6 Å². The molecule has 0 spiro atoms. The molecular weight excluding hydrogens is 340 g/mol. The van der Waals surface area contributed by atoms with E-state index in [0.717, 1.165) is 37.2 Å². The van der Waals surface area contributed by atoms with Crippen LogP contribution < -0.4 is 10.1 Å². The number of hydrogen-bond acceptors (Lipinski definition) is 5. The predicted octanol–water partition coefficient (Wildman–Crippen LogP) is 2.87. The third kappa shape index (κ3) is 4.45. The fourth-order valence-electron chi connectivity index (χ4n) is 3.37. The van der Waals surface area contributed by atoms with Gasteiger partial charge < -0.3 is 15.2 Å². The van der Waals surface area contributed by atoms with Gasteiger partial charge in [-0.1, -0.05) is 6.42 Å². The molecule has 25 heavy (non-hydrogen) atoms. The number of rotatable bonds is 5. The van der Waals surface area contributed by atoms with Gasteiger partial charge >= 0.3 is 5.97 Å². The summed E-state index contributed by atoms with van der Waals surface area (Å²) in [5, 5.41) is 12.3. The van der Waals surface area contributed by atoms with Gasteiger partial charge in [-0.2, -0.15) is 11.8 Å². The monoisotopic (exact) mass is 364 g/mol. The van der Waals surface area contributed by atoms with Crippen LogP contribution >= 0.6 is 11.8 Å². The Kier molecular flexibility index (Phi) is 5.83. The maximum absolute atomic E-state index is 12.6. The highest BCUT2D eigenvalue weighted by Gasteiger charge is 2.41.